The molecule has 1 amide bonds. The van der Waals surface area contributed by atoms with Gasteiger partial charge in [-0.2, -0.15) is 0 Å². The molecule has 6 heteroatoms. The van der Waals surface area contributed by atoms with E-state index < -0.39 is 0 Å². The molecular weight excluding hydrogens is 242 g/mol. The summed E-state index contributed by atoms with van der Waals surface area (Å²) >= 11 is 5.71. The van der Waals surface area contributed by atoms with Gasteiger partial charge in [0.25, 0.3) is 5.91 Å². The number of carbonyl (C=O) groups is 1. The molecule has 0 spiro atoms. The van der Waals surface area contributed by atoms with E-state index in [1.165, 1.54) is 6.20 Å². The van der Waals surface area contributed by atoms with Gasteiger partial charge in [-0.05, 0) is 19.1 Å². The Labute approximate surface area is 103 Å². The van der Waals surface area contributed by atoms with Gasteiger partial charge in [-0.1, -0.05) is 11.6 Å². The Kier molecular flexibility index (Phi) is 3.10. The topological polar surface area (TPSA) is 68.0 Å². The largest absolute Gasteiger partial charge is 0.436 e. The zero-order valence-electron chi connectivity index (χ0n) is 9.32. The summed E-state index contributed by atoms with van der Waals surface area (Å²) in [6.45, 7) is 3.40. The number of nitrogens with zero attached hydrogens (tertiary/aromatic N) is 2. The van der Waals surface area contributed by atoms with Crippen LogP contribution in [0.15, 0.2) is 22.7 Å². The van der Waals surface area contributed by atoms with Crippen LogP contribution in [0.4, 0.5) is 5.69 Å². The van der Waals surface area contributed by atoms with Crippen LogP contribution in [-0.2, 0) is 0 Å². The number of pyridine rings is 1. The van der Waals surface area contributed by atoms with Crippen LogP contribution in [0.1, 0.15) is 22.1 Å². The van der Waals surface area contributed by atoms with Crippen molar-refractivity contribution in [2.75, 3.05) is 5.32 Å². The molecule has 0 fully saturated rings. The van der Waals surface area contributed by atoms with E-state index in [1.54, 1.807) is 26.0 Å². The molecule has 0 bridgehead atoms. The van der Waals surface area contributed by atoms with Gasteiger partial charge < -0.3 is 9.73 Å². The van der Waals surface area contributed by atoms with Gasteiger partial charge in [0, 0.05) is 18.8 Å². The van der Waals surface area contributed by atoms with Gasteiger partial charge in [0.2, 0.25) is 5.76 Å². The van der Waals surface area contributed by atoms with Crippen LogP contribution in [0.2, 0.25) is 5.15 Å². The number of amides is 1. The van der Waals surface area contributed by atoms with Crippen LogP contribution in [0, 0.1) is 13.8 Å². The number of rotatable bonds is 2. The van der Waals surface area contributed by atoms with E-state index in [0.29, 0.717) is 22.4 Å². The van der Waals surface area contributed by atoms with Crippen molar-refractivity contribution in [3.63, 3.8) is 0 Å². The zero-order valence-corrected chi connectivity index (χ0v) is 10.1. The van der Waals surface area contributed by atoms with E-state index in [2.05, 4.69) is 15.3 Å². The summed E-state index contributed by atoms with van der Waals surface area (Å²) in [4.78, 5) is 19.7. The molecule has 0 aliphatic heterocycles. The minimum atomic E-state index is -0.356. The first-order valence-electron chi connectivity index (χ1n) is 4.93. The van der Waals surface area contributed by atoms with Crippen LogP contribution in [0.25, 0.3) is 0 Å². The lowest BCUT2D eigenvalue weighted by Crippen LogP contribution is -2.12. The molecule has 0 saturated carbocycles. The first-order chi connectivity index (χ1) is 8.06. The van der Waals surface area contributed by atoms with E-state index in [1.807, 2.05) is 0 Å². The van der Waals surface area contributed by atoms with Crippen molar-refractivity contribution in [1.82, 2.24) is 9.97 Å². The fourth-order valence-corrected chi connectivity index (χ4v) is 1.58. The highest BCUT2D eigenvalue weighted by molar-refractivity contribution is 6.29. The van der Waals surface area contributed by atoms with Crippen molar-refractivity contribution in [2.24, 2.45) is 0 Å². The highest BCUT2D eigenvalue weighted by Crippen LogP contribution is 2.15. The second kappa shape index (κ2) is 4.55. The quantitative estimate of drug-likeness (QED) is 0.833. The molecule has 0 saturated heterocycles. The summed E-state index contributed by atoms with van der Waals surface area (Å²) in [6.07, 6.45) is 1.51. The molecule has 2 aromatic rings. The summed E-state index contributed by atoms with van der Waals surface area (Å²) < 4.78 is 5.21. The Morgan fingerprint density at radius 3 is 2.82 bits per heavy atom. The number of aromatic nitrogens is 2. The molecule has 17 heavy (non-hydrogen) atoms. The van der Waals surface area contributed by atoms with Gasteiger partial charge >= 0.3 is 0 Å². The molecule has 88 valence electrons. The Morgan fingerprint density at radius 2 is 2.24 bits per heavy atom. The molecule has 0 radical (unpaired) electrons. The first-order valence-corrected chi connectivity index (χ1v) is 5.31. The Morgan fingerprint density at radius 1 is 1.47 bits per heavy atom. The summed E-state index contributed by atoms with van der Waals surface area (Å²) in [5, 5.41) is 2.97. The van der Waals surface area contributed by atoms with Crippen LogP contribution >= 0.6 is 11.6 Å². The van der Waals surface area contributed by atoms with Gasteiger partial charge in [0.15, 0.2) is 5.89 Å². The molecular formula is C11H10ClN3O2. The zero-order chi connectivity index (χ0) is 12.4. The molecule has 0 aliphatic carbocycles. The lowest BCUT2D eigenvalue weighted by Gasteiger charge is -2.02. The number of hydrogen-bond donors (Lipinski definition) is 1. The summed E-state index contributed by atoms with van der Waals surface area (Å²) in [7, 11) is 0. The second-order valence-corrected chi connectivity index (χ2v) is 3.86. The number of oxazole rings is 1. The minimum Gasteiger partial charge on any atom is -0.436 e. The SMILES string of the molecule is Cc1nc(C)c(C(=O)Nc2ccnc(Cl)c2)o1. The molecule has 5 nitrogen and oxygen atoms in total. The number of aryl methyl sites for hydroxylation is 2. The summed E-state index contributed by atoms with van der Waals surface area (Å²) in [6, 6.07) is 3.19. The van der Waals surface area contributed by atoms with E-state index >= 15 is 0 Å². The lowest BCUT2D eigenvalue weighted by molar-refractivity contribution is 0.0994. The average molecular weight is 252 g/mol. The van der Waals surface area contributed by atoms with Gasteiger partial charge in [-0.25, -0.2) is 9.97 Å². The van der Waals surface area contributed by atoms with Crippen molar-refractivity contribution >= 4 is 23.2 Å². The van der Waals surface area contributed by atoms with Gasteiger partial charge in [0.1, 0.15) is 5.15 Å². The van der Waals surface area contributed by atoms with E-state index in [9.17, 15) is 4.79 Å². The first kappa shape index (κ1) is 11.6. The number of carbonyl (C=O) groups excluding carboxylic acids is 1. The second-order valence-electron chi connectivity index (χ2n) is 3.47. The molecule has 1 N–H and O–H groups in total. The predicted octanol–water partition coefficient (Wildman–Crippen LogP) is 2.59. The highest BCUT2D eigenvalue weighted by atomic mass is 35.5. The average Bonchev–Trinajstić information content (AvgIpc) is 2.58. The molecule has 0 aliphatic rings. The standard InChI is InChI=1S/C11H10ClN3O2/c1-6-10(17-7(2)14-6)11(16)15-8-3-4-13-9(12)5-8/h3-5H,1-2H3,(H,13,15,16). The lowest BCUT2D eigenvalue weighted by atomic mass is 10.3. The molecule has 0 aromatic carbocycles. The van der Waals surface area contributed by atoms with E-state index in [-0.39, 0.29) is 11.7 Å². The van der Waals surface area contributed by atoms with Crippen molar-refractivity contribution < 1.29 is 9.21 Å². The third-order valence-corrected chi connectivity index (χ3v) is 2.30. The summed E-state index contributed by atoms with van der Waals surface area (Å²) in [5.41, 5.74) is 1.11. The van der Waals surface area contributed by atoms with Gasteiger partial charge in [-0.3, -0.25) is 4.79 Å². The molecule has 2 heterocycles. The van der Waals surface area contributed by atoms with E-state index in [4.69, 9.17) is 16.0 Å². The van der Waals surface area contributed by atoms with Crippen LogP contribution < -0.4 is 5.32 Å². The Hall–Kier alpha value is -1.88. The minimum absolute atomic E-state index is 0.204. The third kappa shape index (κ3) is 2.62. The van der Waals surface area contributed by atoms with E-state index in [0.717, 1.165) is 0 Å². The monoisotopic (exact) mass is 251 g/mol. The smallest absolute Gasteiger partial charge is 0.293 e. The maximum absolute atomic E-state index is 11.9. The molecule has 2 rings (SSSR count). The number of nitrogens with one attached hydrogen (secondary N) is 1. The number of hydrogen-bond acceptors (Lipinski definition) is 4. The van der Waals surface area contributed by atoms with Gasteiger partial charge in [-0.15, -0.1) is 0 Å². The van der Waals surface area contributed by atoms with Gasteiger partial charge in [0.05, 0.1) is 5.69 Å². The van der Waals surface area contributed by atoms with Crippen molar-refractivity contribution in [3.05, 3.63) is 40.8 Å². The Balaban J connectivity index is 2.20. The predicted molar refractivity (Wildman–Crippen MR) is 63.2 cm³/mol. The molecule has 0 unspecified atom stereocenters. The number of anilines is 1. The Bertz CT molecular complexity index is 566. The van der Waals surface area contributed by atoms with Crippen molar-refractivity contribution in [2.45, 2.75) is 13.8 Å². The molecule has 2 aromatic heterocycles. The maximum Gasteiger partial charge on any atom is 0.293 e. The van der Waals surface area contributed by atoms with Crippen molar-refractivity contribution in [3.8, 4) is 0 Å². The maximum atomic E-state index is 11.9. The van der Waals surface area contributed by atoms with Crippen LogP contribution in [-0.4, -0.2) is 15.9 Å². The third-order valence-electron chi connectivity index (χ3n) is 2.09. The highest BCUT2D eigenvalue weighted by Gasteiger charge is 2.15. The summed E-state index contributed by atoms with van der Waals surface area (Å²) in [5.74, 6) is 0.307. The van der Waals surface area contributed by atoms with Crippen molar-refractivity contribution in [1.29, 1.82) is 0 Å². The normalized spacial score (nSPS) is 10.3. The fraction of sp³-hybridized carbons (Fsp3) is 0.182. The van der Waals surface area contributed by atoms with Crippen LogP contribution in [0.3, 0.4) is 0 Å². The number of halogens is 1. The fourth-order valence-electron chi connectivity index (χ4n) is 1.41. The van der Waals surface area contributed by atoms with Crippen LogP contribution in [0.5, 0.6) is 0 Å². The molecule has 0 atom stereocenters.